The van der Waals surface area contributed by atoms with Crippen LogP contribution >= 0.6 is 0 Å². The van der Waals surface area contributed by atoms with Gasteiger partial charge in [-0.25, -0.2) is 15.0 Å². The molecule has 1 heterocycles. The summed E-state index contributed by atoms with van der Waals surface area (Å²) in [5, 5.41) is 15.2. The van der Waals surface area contributed by atoms with Crippen molar-refractivity contribution in [2.45, 2.75) is 57.8 Å². The number of nitrogens with zero attached hydrogens (tertiary/aromatic N) is 3. The normalized spacial score (nSPS) is 15.1. The van der Waals surface area contributed by atoms with Gasteiger partial charge in [0.05, 0.1) is 0 Å². The van der Waals surface area contributed by atoms with Crippen molar-refractivity contribution in [2.24, 2.45) is 0 Å². The van der Waals surface area contributed by atoms with E-state index in [-0.39, 0.29) is 16.2 Å². The Labute approximate surface area is 436 Å². The third-order valence-electron chi connectivity index (χ3n) is 17.9. The van der Waals surface area contributed by atoms with Crippen LogP contribution in [0.25, 0.3) is 132 Å². The summed E-state index contributed by atoms with van der Waals surface area (Å²) in [6.07, 6.45) is 0. The first kappa shape index (κ1) is 42.7. The van der Waals surface area contributed by atoms with Crippen molar-refractivity contribution in [1.82, 2.24) is 15.0 Å². The molecule has 3 nitrogen and oxygen atoms in total. The topological polar surface area (TPSA) is 38.7 Å². The van der Waals surface area contributed by atoms with E-state index in [1.54, 1.807) is 0 Å². The van der Waals surface area contributed by atoms with E-state index in [2.05, 4.69) is 242 Å². The fourth-order valence-corrected chi connectivity index (χ4v) is 13.7. The van der Waals surface area contributed by atoms with E-state index >= 15 is 0 Å². The highest BCUT2D eigenvalue weighted by atomic mass is 15.0. The monoisotopic (exact) mass is 957 g/mol. The van der Waals surface area contributed by atoms with Crippen molar-refractivity contribution in [1.29, 1.82) is 0 Å². The maximum Gasteiger partial charge on any atom is 0.164 e. The van der Waals surface area contributed by atoms with E-state index in [1.807, 2.05) is 0 Å². The molecule has 0 atom stereocenters. The third-order valence-corrected chi connectivity index (χ3v) is 17.9. The fourth-order valence-electron chi connectivity index (χ4n) is 13.7. The van der Waals surface area contributed by atoms with Gasteiger partial charge < -0.3 is 0 Å². The molecule has 0 radical (unpaired) electrons. The average Bonchev–Trinajstić information content (AvgIpc) is 3.93. The van der Waals surface area contributed by atoms with Gasteiger partial charge in [-0.3, -0.25) is 0 Å². The summed E-state index contributed by atoms with van der Waals surface area (Å²) in [5.74, 6) is 2.01. The molecule has 3 heteroatoms. The standard InChI is InChI=1S/C72H51N3/c1-70(2)61-34-46(19-22-55(61)58-31-49-25-40-13-7-10-16-43(40)28-52(49)37-64(58)70)67-73-68(47-20-23-56-59-32-50-26-41-14-8-11-17-44(41)29-53(50)38-65(59)71(3,4)62(56)35-47)75-69(74-67)48-21-24-57-60-33-51-27-42-15-9-12-18-45(42)30-54(51)39-66(60)72(5,6)63(57)36-48/h7-39H,1-6H3. The molecule has 0 bridgehead atoms. The van der Waals surface area contributed by atoms with Crippen LogP contribution in [0, 0.1) is 0 Å². The van der Waals surface area contributed by atoms with Gasteiger partial charge in [0.25, 0.3) is 0 Å². The molecule has 3 aliphatic carbocycles. The van der Waals surface area contributed by atoms with Gasteiger partial charge in [-0.05, 0) is 222 Å². The summed E-state index contributed by atoms with van der Waals surface area (Å²) in [5.41, 5.74) is 17.8. The Morgan fingerprint density at radius 3 is 0.693 bits per heavy atom. The van der Waals surface area contributed by atoms with Crippen molar-refractivity contribution < 1.29 is 0 Å². The second kappa shape index (κ2) is 14.7. The zero-order chi connectivity index (χ0) is 50.3. The van der Waals surface area contributed by atoms with Gasteiger partial charge in [-0.2, -0.15) is 0 Å². The van der Waals surface area contributed by atoms with Crippen LogP contribution in [0.3, 0.4) is 0 Å². The van der Waals surface area contributed by atoms with Gasteiger partial charge in [0, 0.05) is 32.9 Å². The second-order valence-electron chi connectivity index (χ2n) is 23.3. The zero-order valence-corrected chi connectivity index (χ0v) is 42.9. The summed E-state index contributed by atoms with van der Waals surface area (Å²) >= 11 is 0. The lowest BCUT2D eigenvalue weighted by Crippen LogP contribution is -2.15. The summed E-state index contributed by atoms with van der Waals surface area (Å²) in [6, 6.07) is 75.2. The van der Waals surface area contributed by atoms with Crippen LogP contribution in [0.15, 0.2) is 200 Å². The van der Waals surface area contributed by atoms with Gasteiger partial charge in [0.1, 0.15) is 0 Å². The van der Waals surface area contributed by atoms with Crippen LogP contribution in [-0.2, 0) is 16.2 Å². The first-order valence-corrected chi connectivity index (χ1v) is 26.5. The van der Waals surface area contributed by atoms with E-state index < -0.39 is 0 Å². The summed E-state index contributed by atoms with van der Waals surface area (Å²) in [6.45, 7) is 14.2. The van der Waals surface area contributed by atoms with Crippen molar-refractivity contribution in [2.75, 3.05) is 0 Å². The van der Waals surface area contributed by atoms with Crippen molar-refractivity contribution in [3.05, 3.63) is 234 Å². The lowest BCUT2D eigenvalue weighted by Gasteiger charge is -2.23. The maximum atomic E-state index is 5.46. The third kappa shape index (κ3) is 6.07. The van der Waals surface area contributed by atoms with Gasteiger partial charge >= 0.3 is 0 Å². The highest BCUT2D eigenvalue weighted by Gasteiger charge is 2.39. The number of fused-ring (bicyclic) bond motifs is 15. The minimum absolute atomic E-state index is 0.241. The van der Waals surface area contributed by atoms with Crippen LogP contribution in [0.2, 0.25) is 0 Å². The lowest BCUT2D eigenvalue weighted by molar-refractivity contribution is 0.661. The molecule has 0 amide bonds. The fraction of sp³-hybridized carbons (Fsp3) is 0.125. The molecular weight excluding hydrogens is 907 g/mol. The van der Waals surface area contributed by atoms with Gasteiger partial charge in [0.2, 0.25) is 0 Å². The van der Waals surface area contributed by atoms with E-state index in [9.17, 15) is 0 Å². The predicted octanol–water partition coefficient (Wildman–Crippen LogP) is 18.7. The first-order chi connectivity index (χ1) is 36.3. The number of benzene rings is 12. The summed E-state index contributed by atoms with van der Waals surface area (Å²) in [7, 11) is 0. The van der Waals surface area contributed by atoms with Crippen LogP contribution in [0.5, 0.6) is 0 Å². The Kier molecular flexibility index (Phi) is 8.37. The molecule has 0 saturated carbocycles. The molecule has 0 N–H and O–H groups in total. The molecule has 1 aromatic heterocycles. The molecule has 0 aliphatic heterocycles. The first-order valence-electron chi connectivity index (χ1n) is 26.5. The van der Waals surface area contributed by atoms with E-state index in [4.69, 9.17) is 15.0 Å². The van der Waals surface area contributed by atoms with Gasteiger partial charge in [-0.1, -0.05) is 151 Å². The molecule has 354 valence electrons. The Hall–Kier alpha value is -8.79. The van der Waals surface area contributed by atoms with E-state index in [0.717, 1.165) is 16.7 Å². The smallest absolute Gasteiger partial charge is 0.164 e. The van der Waals surface area contributed by atoms with Gasteiger partial charge in [-0.15, -0.1) is 0 Å². The number of rotatable bonds is 3. The quantitative estimate of drug-likeness (QED) is 0.166. The maximum absolute atomic E-state index is 5.46. The van der Waals surface area contributed by atoms with Crippen molar-refractivity contribution in [3.63, 3.8) is 0 Å². The van der Waals surface area contributed by atoms with E-state index in [0.29, 0.717) is 17.5 Å². The van der Waals surface area contributed by atoms with Crippen LogP contribution in [-0.4, -0.2) is 15.0 Å². The molecule has 12 aromatic carbocycles. The van der Waals surface area contributed by atoms with Crippen molar-refractivity contribution in [3.8, 4) is 67.5 Å². The molecule has 13 aromatic rings. The minimum Gasteiger partial charge on any atom is -0.208 e. The number of aromatic nitrogens is 3. The van der Waals surface area contributed by atoms with Crippen LogP contribution < -0.4 is 0 Å². The summed E-state index contributed by atoms with van der Waals surface area (Å²) in [4.78, 5) is 16.4. The van der Waals surface area contributed by atoms with Crippen molar-refractivity contribution >= 4 is 64.6 Å². The van der Waals surface area contributed by atoms with Crippen LogP contribution in [0.1, 0.15) is 74.9 Å². The predicted molar refractivity (Wildman–Crippen MR) is 314 cm³/mol. The minimum atomic E-state index is -0.241. The zero-order valence-electron chi connectivity index (χ0n) is 42.9. The average molecular weight is 958 g/mol. The molecule has 0 saturated heterocycles. The highest BCUT2D eigenvalue weighted by molar-refractivity contribution is 6.05. The molecule has 75 heavy (non-hydrogen) atoms. The lowest BCUT2D eigenvalue weighted by atomic mass is 9.81. The van der Waals surface area contributed by atoms with E-state index in [1.165, 1.54) is 131 Å². The molecule has 0 fully saturated rings. The SMILES string of the molecule is CC1(C)c2cc(-c3nc(-c4ccc5c(c4)C(C)(C)c4cc6cc7ccccc7cc6cc4-5)nc(-c4ccc5c(c4)C(C)(C)c4cc6cc7ccccc7cc6cc4-5)n3)ccc2-c2cc3cc4ccccc4cc3cc21. The molecular formula is C72H51N3. The van der Waals surface area contributed by atoms with Crippen LogP contribution in [0.4, 0.5) is 0 Å². The molecule has 3 aliphatic rings. The molecule has 16 rings (SSSR count). The molecule has 0 spiro atoms. The Morgan fingerprint density at radius 2 is 0.440 bits per heavy atom. The number of hydrogen-bond acceptors (Lipinski definition) is 3. The number of hydrogen-bond donors (Lipinski definition) is 0. The van der Waals surface area contributed by atoms with Gasteiger partial charge in [0.15, 0.2) is 17.5 Å². The second-order valence-corrected chi connectivity index (χ2v) is 23.3. The Morgan fingerprint density at radius 1 is 0.213 bits per heavy atom. The highest BCUT2D eigenvalue weighted by Crippen LogP contribution is 2.54. The Balaban J connectivity index is 0.853. The largest absolute Gasteiger partial charge is 0.208 e. The Bertz CT molecular complexity index is 4250. The summed E-state index contributed by atoms with van der Waals surface area (Å²) < 4.78 is 0. The molecule has 0 unspecified atom stereocenters.